The normalized spacial score (nSPS) is 22.9. The number of carbonyl (C=O) groups is 1. The molecule has 134 valence electrons. The summed E-state index contributed by atoms with van der Waals surface area (Å²) in [5, 5.41) is 9.62. The van der Waals surface area contributed by atoms with Crippen molar-refractivity contribution in [2.45, 2.75) is 11.6 Å². The summed E-state index contributed by atoms with van der Waals surface area (Å²) in [6.07, 6.45) is 1.38. The Bertz CT molecular complexity index is 960. The number of aromatic nitrogens is 2. The number of halogens is 2. The van der Waals surface area contributed by atoms with Crippen molar-refractivity contribution >= 4 is 16.9 Å². The molecule has 26 heavy (non-hydrogen) atoms. The average Bonchev–Trinajstić information content (AvgIpc) is 3.26. The molecule has 2 heterocycles. The summed E-state index contributed by atoms with van der Waals surface area (Å²) in [6, 6.07) is 11.3. The van der Waals surface area contributed by atoms with Gasteiger partial charge in [-0.2, -0.15) is 0 Å². The molecule has 1 aliphatic heterocycles. The summed E-state index contributed by atoms with van der Waals surface area (Å²) in [4.78, 5) is 21.1. The molecule has 0 radical (unpaired) electrons. The number of carbonyl (C=O) groups excluding carboxylic acids is 1. The number of benzene rings is 2. The number of nitrogens with one attached hydrogen (secondary N) is 1. The van der Waals surface area contributed by atoms with E-state index in [1.54, 1.807) is 24.3 Å². The second-order valence-corrected chi connectivity index (χ2v) is 6.59. The van der Waals surface area contributed by atoms with Crippen LogP contribution in [0, 0.1) is 5.82 Å². The number of H-pyrrole nitrogens is 1. The minimum Gasteiger partial charge on any atom is -0.393 e. The quantitative estimate of drug-likeness (QED) is 0.757. The molecule has 2 N–H and O–H groups in total. The molecule has 1 aliphatic rings. The van der Waals surface area contributed by atoms with E-state index in [2.05, 4.69) is 9.97 Å². The van der Waals surface area contributed by atoms with Gasteiger partial charge in [-0.1, -0.05) is 30.3 Å². The largest absolute Gasteiger partial charge is 0.393 e. The van der Waals surface area contributed by atoms with Crippen LogP contribution < -0.4 is 0 Å². The van der Waals surface area contributed by atoms with E-state index < -0.39 is 29.9 Å². The average molecular weight is 357 g/mol. The van der Waals surface area contributed by atoms with Crippen molar-refractivity contribution in [2.75, 3.05) is 19.7 Å². The van der Waals surface area contributed by atoms with Gasteiger partial charge in [-0.15, -0.1) is 0 Å². The molecule has 1 aromatic heterocycles. The van der Waals surface area contributed by atoms with Gasteiger partial charge in [-0.3, -0.25) is 4.79 Å². The van der Waals surface area contributed by atoms with E-state index in [1.807, 2.05) is 6.07 Å². The Balaban J connectivity index is 1.70. The Morgan fingerprint density at radius 3 is 2.85 bits per heavy atom. The number of hydrogen-bond acceptors (Lipinski definition) is 3. The van der Waals surface area contributed by atoms with Crippen LogP contribution in [0.1, 0.15) is 21.8 Å². The second kappa shape index (κ2) is 6.17. The first kappa shape index (κ1) is 16.7. The summed E-state index contributed by atoms with van der Waals surface area (Å²) < 4.78 is 29.2. The number of imidazole rings is 1. The molecule has 2 aromatic carbocycles. The highest BCUT2D eigenvalue weighted by Crippen LogP contribution is 2.39. The Labute approximate surface area is 148 Å². The Morgan fingerprint density at radius 1 is 1.35 bits per heavy atom. The molecule has 5 nitrogen and oxygen atoms in total. The molecule has 2 atom stereocenters. The van der Waals surface area contributed by atoms with E-state index in [1.165, 1.54) is 17.3 Å². The predicted molar refractivity (Wildman–Crippen MR) is 92.1 cm³/mol. The van der Waals surface area contributed by atoms with Crippen LogP contribution in [0.2, 0.25) is 0 Å². The topological polar surface area (TPSA) is 69.2 Å². The summed E-state index contributed by atoms with van der Waals surface area (Å²) in [7, 11) is 0. The van der Waals surface area contributed by atoms with Gasteiger partial charge in [0.1, 0.15) is 11.3 Å². The summed E-state index contributed by atoms with van der Waals surface area (Å²) in [5.74, 6) is -1.73. The molecular weight excluding hydrogens is 340 g/mol. The summed E-state index contributed by atoms with van der Waals surface area (Å²) in [6.45, 7) is -0.857. The highest BCUT2D eigenvalue weighted by molar-refractivity contribution is 6.05. The summed E-state index contributed by atoms with van der Waals surface area (Å²) in [5.41, 5.74) is -0.415. The van der Waals surface area contributed by atoms with Crippen LogP contribution in [0.15, 0.2) is 48.8 Å². The standard InChI is InChI=1S/C19H17F2N3O2/c20-13-6-14(17-16(7-13)22-11-23-17)18(26)24-8-15(19(21,9-24)10-25)12-4-2-1-3-5-12/h1-7,11,15,25H,8-10H2,(H,22,23)/t15-,19+/m0/s1. The molecule has 3 aromatic rings. The zero-order chi connectivity index (χ0) is 18.3. The predicted octanol–water partition coefficient (Wildman–Crippen LogP) is 2.64. The van der Waals surface area contributed by atoms with Crippen molar-refractivity contribution in [3.63, 3.8) is 0 Å². The second-order valence-electron chi connectivity index (χ2n) is 6.59. The lowest BCUT2D eigenvalue weighted by Crippen LogP contribution is -2.37. The van der Waals surface area contributed by atoms with Gasteiger partial charge in [0.05, 0.1) is 30.6 Å². The number of aliphatic hydroxyl groups is 1. The molecular formula is C19H17F2N3O2. The monoisotopic (exact) mass is 357 g/mol. The lowest BCUT2D eigenvalue weighted by Gasteiger charge is -2.23. The molecule has 0 bridgehead atoms. The Hall–Kier alpha value is -2.80. The van der Waals surface area contributed by atoms with E-state index in [-0.39, 0.29) is 18.7 Å². The van der Waals surface area contributed by atoms with E-state index in [0.717, 1.165) is 6.07 Å². The zero-order valence-electron chi connectivity index (χ0n) is 13.8. The maximum atomic E-state index is 15.3. The van der Waals surface area contributed by atoms with Gasteiger partial charge in [0, 0.05) is 12.5 Å². The van der Waals surface area contributed by atoms with Gasteiger partial charge < -0.3 is 15.0 Å². The van der Waals surface area contributed by atoms with E-state index >= 15 is 4.39 Å². The lowest BCUT2D eigenvalue weighted by atomic mass is 9.87. The van der Waals surface area contributed by atoms with Gasteiger partial charge >= 0.3 is 0 Å². The van der Waals surface area contributed by atoms with Crippen LogP contribution in [0.5, 0.6) is 0 Å². The number of amides is 1. The maximum absolute atomic E-state index is 15.3. The molecule has 0 aliphatic carbocycles. The third kappa shape index (κ3) is 2.64. The Kier molecular flexibility index (Phi) is 3.96. The van der Waals surface area contributed by atoms with Crippen LogP contribution >= 0.6 is 0 Å². The van der Waals surface area contributed by atoms with Crippen molar-refractivity contribution in [1.29, 1.82) is 0 Å². The highest BCUT2D eigenvalue weighted by Gasteiger charge is 2.49. The number of hydrogen-bond donors (Lipinski definition) is 2. The Morgan fingerprint density at radius 2 is 2.12 bits per heavy atom. The smallest absolute Gasteiger partial charge is 0.256 e. The van der Waals surface area contributed by atoms with E-state index in [0.29, 0.717) is 16.6 Å². The molecule has 7 heteroatoms. The SMILES string of the molecule is O=C(c1cc(F)cc2[nH]cnc12)N1C[C@@H](c2ccccc2)[C@](F)(CO)C1. The van der Waals surface area contributed by atoms with Crippen LogP contribution in [0.3, 0.4) is 0 Å². The first-order valence-electron chi connectivity index (χ1n) is 8.28. The molecule has 1 saturated heterocycles. The minimum absolute atomic E-state index is 0.0789. The van der Waals surface area contributed by atoms with Gasteiger partial charge in [-0.25, -0.2) is 13.8 Å². The lowest BCUT2D eigenvalue weighted by molar-refractivity contribution is 0.0576. The van der Waals surface area contributed by atoms with Crippen LogP contribution in [-0.4, -0.2) is 51.2 Å². The fourth-order valence-corrected chi connectivity index (χ4v) is 3.63. The molecule has 1 amide bonds. The van der Waals surface area contributed by atoms with Crippen molar-refractivity contribution < 1.29 is 18.7 Å². The van der Waals surface area contributed by atoms with Gasteiger partial charge in [0.15, 0.2) is 5.67 Å². The van der Waals surface area contributed by atoms with E-state index in [4.69, 9.17) is 0 Å². The van der Waals surface area contributed by atoms with Crippen LogP contribution in [0.25, 0.3) is 11.0 Å². The van der Waals surface area contributed by atoms with Gasteiger partial charge in [0.2, 0.25) is 0 Å². The molecule has 0 saturated carbocycles. The fraction of sp³-hybridized carbons (Fsp3) is 0.263. The number of aliphatic hydroxyl groups excluding tert-OH is 1. The number of fused-ring (bicyclic) bond motifs is 1. The van der Waals surface area contributed by atoms with Crippen molar-refractivity contribution in [2.24, 2.45) is 0 Å². The third-order valence-electron chi connectivity index (χ3n) is 4.95. The summed E-state index contributed by atoms with van der Waals surface area (Å²) >= 11 is 0. The molecule has 1 fully saturated rings. The van der Waals surface area contributed by atoms with Crippen LogP contribution in [0.4, 0.5) is 8.78 Å². The number of nitrogens with zero attached hydrogens (tertiary/aromatic N) is 2. The fourth-order valence-electron chi connectivity index (χ4n) is 3.63. The number of likely N-dealkylation sites (tertiary alicyclic amines) is 1. The molecule has 0 spiro atoms. The van der Waals surface area contributed by atoms with Gasteiger partial charge in [0.25, 0.3) is 5.91 Å². The van der Waals surface area contributed by atoms with Crippen molar-refractivity contribution in [3.05, 3.63) is 65.7 Å². The third-order valence-corrected chi connectivity index (χ3v) is 4.95. The maximum Gasteiger partial charge on any atom is 0.256 e. The van der Waals surface area contributed by atoms with E-state index in [9.17, 15) is 14.3 Å². The van der Waals surface area contributed by atoms with Crippen molar-refractivity contribution in [1.82, 2.24) is 14.9 Å². The first-order chi connectivity index (χ1) is 12.5. The number of alkyl halides is 1. The highest BCUT2D eigenvalue weighted by atomic mass is 19.1. The zero-order valence-corrected chi connectivity index (χ0v) is 13.8. The molecule has 0 unspecified atom stereocenters. The minimum atomic E-state index is -1.95. The first-order valence-corrected chi connectivity index (χ1v) is 8.28. The molecule has 4 rings (SSSR count). The number of rotatable bonds is 3. The van der Waals surface area contributed by atoms with Crippen LogP contribution in [-0.2, 0) is 0 Å². The van der Waals surface area contributed by atoms with Gasteiger partial charge in [-0.05, 0) is 17.7 Å². The number of aromatic amines is 1. The van der Waals surface area contributed by atoms with Crippen molar-refractivity contribution in [3.8, 4) is 0 Å².